The molecule has 118 valence electrons. The van der Waals surface area contributed by atoms with Gasteiger partial charge in [-0.3, -0.25) is 9.59 Å². The molecule has 0 spiro atoms. The first-order chi connectivity index (χ1) is 11.0. The topological polar surface area (TPSA) is 89.3 Å². The molecule has 0 saturated carbocycles. The average molecular weight is 368 g/mol. The van der Waals surface area contributed by atoms with Gasteiger partial charge in [-0.25, -0.2) is 0 Å². The fourth-order valence-electron chi connectivity index (χ4n) is 1.71. The van der Waals surface area contributed by atoms with E-state index in [0.717, 1.165) is 16.3 Å². The average Bonchev–Trinajstić information content (AvgIpc) is 2.94. The van der Waals surface area contributed by atoms with Gasteiger partial charge in [-0.1, -0.05) is 40.8 Å². The molecule has 3 aromatic rings. The Morgan fingerprint density at radius 1 is 1.48 bits per heavy atom. The van der Waals surface area contributed by atoms with E-state index in [2.05, 4.69) is 20.6 Å². The fourth-order valence-corrected chi connectivity index (χ4v) is 3.57. The molecule has 10 heteroatoms. The lowest BCUT2D eigenvalue weighted by Crippen LogP contribution is -2.15. The van der Waals surface area contributed by atoms with Crippen LogP contribution in [0.15, 0.2) is 33.5 Å². The number of carbonyl (C=O) groups excluding carboxylic acids is 1. The number of nitrogens with zero attached hydrogens (tertiary/aromatic N) is 4. The monoisotopic (exact) mass is 367 g/mol. The van der Waals surface area contributed by atoms with Gasteiger partial charge in [0.05, 0.1) is 5.75 Å². The lowest BCUT2D eigenvalue weighted by molar-refractivity contribution is -0.113. The quantitative estimate of drug-likeness (QED) is 0.711. The van der Waals surface area contributed by atoms with E-state index in [1.165, 1.54) is 23.1 Å². The molecule has 1 amide bonds. The molecule has 0 saturated heterocycles. The van der Waals surface area contributed by atoms with E-state index in [1.807, 2.05) is 13.0 Å². The van der Waals surface area contributed by atoms with E-state index < -0.39 is 0 Å². The zero-order valence-electron chi connectivity index (χ0n) is 11.8. The van der Waals surface area contributed by atoms with Crippen LogP contribution in [-0.2, 0) is 4.79 Å². The Morgan fingerprint density at radius 2 is 2.30 bits per heavy atom. The number of carbonyl (C=O) groups is 1. The van der Waals surface area contributed by atoms with Crippen LogP contribution in [0.1, 0.15) is 5.56 Å². The van der Waals surface area contributed by atoms with Crippen LogP contribution in [0.2, 0.25) is 5.02 Å². The van der Waals surface area contributed by atoms with Crippen molar-refractivity contribution in [3.8, 4) is 0 Å². The number of anilines is 1. The summed E-state index contributed by atoms with van der Waals surface area (Å²) in [6.45, 7) is 1.89. The summed E-state index contributed by atoms with van der Waals surface area (Å²) < 4.78 is 1.73. The normalized spacial score (nSPS) is 10.9. The third-order valence-corrected chi connectivity index (χ3v) is 5.28. The standard InChI is InChI=1S/C13H10ClN5O2S2/c1-7-2-3-8(4-9(7)14)16-10(20)6-22-13-18-19-11(21)5-15-17-12(19)23-13/h2-5H,6H2,1H3,(H,16,20). The summed E-state index contributed by atoms with van der Waals surface area (Å²) in [5, 5.41) is 14.9. The Bertz CT molecular complexity index is 940. The van der Waals surface area contributed by atoms with Gasteiger partial charge in [-0.05, 0) is 24.6 Å². The number of fused-ring (bicyclic) bond motifs is 1. The smallest absolute Gasteiger partial charge is 0.293 e. The lowest BCUT2D eigenvalue weighted by Gasteiger charge is -2.05. The third kappa shape index (κ3) is 3.69. The number of benzene rings is 1. The minimum atomic E-state index is -0.350. The van der Waals surface area contributed by atoms with Crippen LogP contribution < -0.4 is 10.9 Å². The second kappa shape index (κ2) is 6.65. The van der Waals surface area contributed by atoms with E-state index in [9.17, 15) is 9.59 Å². The molecule has 0 fully saturated rings. The fraction of sp³-hybridized carbons (Fsp3) is 0.154. The number of hydrogen-bond acceptors (Lipinski definition) is 7. The summed E-state index contributed by atoms with van der Waals surface area (Å²) in [5.41, 5.74) is 1.23. The van der Waals surface area contributed by atoms with Gasteiger partial charge in [0, 0.05) is 10.7 Å². The maximum absolute atomic E-state index is 12.0. The number of rotatable bonds is 4. The van der Waals surface area contributed by atoms with Crippen molar-refractivity contribution in [2.45, 2.75) is 11.3 Å². The van der Waals surface area contributed by atoms with Gasteiger partial charge in [0.15, 0.2) is 4.34 Å². The largest absolute Gasteiger partial charge is 0.325 e. The van der Waals surface area contributed by atoms with Crippen LogP contribution in [0.4, 0.5) is 5.69 Å². The molecule has 0 bridgehead atoms. The molecule has 0 aliphatic carbocycles. The predicted octanol–water partition coefficient (Wildman–Crippen LogP) is 2.24. The second-order valence-electron chi connectivity index (χ2n) is 4.55. The maximum Gasteiger partial charge on any atom is 0.293 e. The van der Waals surface area contributed by atoms with Gasteiger partial charge in [0.2, 0.25) is 10.9 Å². The van der Waals surface area contributed by atoms with Crippen LogP contribution in [0, 0.1) is 6.92 Å². The first-order valence-electron chi connectivity index (χ1n) is 6.43. The summed E-state index contributed by atoms with van der Waals surface area (Å²) in [6, 6.07) is 5.33. The van der Waals surface area contributed by atoms with Crippen molar-refractivity contribution < 1.29 is 4.79 Å². The van der Waals surface area contributed by atoms with Crippen LogP contribution in [0.25, 0.3) is 4.96 Å². The van der Waals surface area contributed by atoms with Gasteiger partial charge in [0.25, 0.3) is 5.56 Å². The lowest BCUT2D eigenvalue weighted by atomic mass is 10.2. The Morgan fingerprint density at radius 3 is 3.04 bits per heavy atom. The highest BCUT2D eigenvalue weighted by Gasteiger charge is 2.10. The molecule has 0 aliphatic rings. The second-order valence-corrected chi connectivity index (χ2v) is 7.13. The minimum absolute atomic E-state index is 0.160. The minimum Gasteiger partial charge on any atom is -0.325 e. The van der Waals surface area contributed by atoms with Crippen molar-refractivity contribution in [3.63, 3.8) is 0 Å². The SMILES string of the molecule is Cc1ccc(NC(=O)CSc2nn3c(=O)cnnc3s2)cc1Cl. The molecular formula is C13H10ClN5O2S2. The van der Waals surface area contributed by atoms with E-state index in [1.54, 1.807) is 12.1 Å². The Kier molecular flexibility index (Phi) is 4.60. The zero-order chi connectivity index (χ0) is 16.4. The van der Waals surface area contributed by atoms with E-state index >= 15 is 0 Å². The number of nitrogens with one attached hydrogen (secondary N) is 1. The molecule has 1 aromatic carbocycles. The van der Waals surface area contributed by atoms with Gasteiger partial charge in [-0.15, -0.1) is 10.2 Å². The number of halogens is 1. The van der Waals surface area contributed by atoms with Gasteiger partial charge < -0.3 is 5.32 Å². The molecule has 7 nitrogen and oxygen atoms in total. The Hall–Kier alpha value is -1.97. The Labute approximate surface area is 143 Å². The van der Waals surface area contributed by atoms with E-state index in [4.69, 9.17) is 11.6 Å². The van der Waals surface area contributed by atoms with Crippen LogP contribution >= 0.6 is 34.7 Å². The molecule has 0 unspecified atom stereocenters. The molecular weight excluding hydrogens is 358 g/mol. The van der Waals surface area contributed by atoms with Crippen molar-refractivity contribution in [1.29, 1.82) is 0 Å². The zero-order valence-corrected chi connectivity index (χ0v) is 14.2. The molecule has 1 N–H and O–H groups in total. The summed E-state index contributed by atoms with van der Waals surface area (Å²) in [7, 11) is 0. The molecule has 2 heterocycles. The molecule has 0 radical (unpaired) electrons. The highest BCUT2D eigenvalue weighted by molar-refractivity contribution is 8.01. The first kappa shape index (κ1) is 15.9. The molecule has 2 aromatic heterocycles. The van der Waals surface area contributed by atoms with Gasteiger partial charge in [-0.2, -0.15) is 9.61 Å². The van der Waals surface area contributed by atoms with Crippen LogP contribution in [0.5, 0.6) is 0 Å². The van der Waals surface area contributed by atoms with Crippen molar-refractivity contribution in [3.05, 3.63) is 45.3 Å². The van der Waals surface area contributed by atoms with Crippen molar-refractivity contribution >= 4 is 51.3 Å². The van der Waals surface area contributed by atoms with Gasteiger partial charge >= 0.3 is 0 Å². The number of hydrogen-bond donors (Lipinski definition) is 1. The third-order valence-electron chi connectivity index (χ3n) is 2.84. The first-order valence-corrected chi connectivity index (χ1v) is 8.61. The van der Waals surface area contributed by atoms with Gasteiger partial charge in [0.1, 0.15) is 6.20 Å². The Balaban J connectivity index is 1.64. The summed E-state index contributed by atoms with van der Waals surface area (Å²) in [6.07, 6.45) is 1.09. The molecule has 0 aliphatic heterocycles. The van der Waals surface area contributed by atoms with E-state index in [-0.39, 0.29) is 17.2 Å². The number of amides is 1. The summed E-state index contributed by atoms with van der Waals surface area (Å²) in [4.78, 5) is 23.9. The van der Waals surface area contributed by atoms with Crippen LogP contribution in [-0.4, -0.2) is 31.5 Å². The molecule has 23 heavy (non-hydrogen) atoms. The number of aromatic nitrogens is 4. The number of thioether (sulfide) groups is 1. The molecule has 0 atom stereocenters. The highest BCUT2D eigenvalue weighted by atomic mass is 35.5. The molecule has 3 rings (SSSR count). The van der Waals surface area contributed by atoms with E-state index in [0.29, 0.717) is 20.0 Å². The van der Waals surface area contributed by atoms with Crippen molar-refractivity contribution in [1.82, 2.24) is 19.8 Å². The summed E-state index contributed by atoms with van der Waals surface area (Å²) in [5.74, 6) is -0.0272. The summed E-state index contributed by atoms with van der Waals surface area (Å²) >= 11 is 8.45. The highest BCUT2D eigenvalue weighted by Crippen LogP contribution is 2.24. The van der Waals surface area contributed by atoms with Crippen LogP contribution in [0.3, 0.4) is 0 Å². The maximum atomic E-state index is 12.0. The van der Waals surface area contributed by atoms with Crippen molar-refractivity contribution in [2.24, 2.45) is 0 Å². The predicted molar refractivity (Wildman–Crippen MR) is 90.5 cm³/mol. The number of aryl methyl sites for hydroxylation is 1. The van der Waals surface area contributed by atoms with Crippen molar-refractivity contribution in [2.75, 3.05) is 11.1 Å².